The first-order valence-corrected chi connectivity index (χ1v) is 9.34. The molecule has 1 aliphatic rings. The van der Waals surface area contributed by atoms with Crippen LogP contribution in [0.1, 0.15) is 37.0 Å². The molecule has 5 nitrogen and oxygen atoms in total. The summed E-state index contributed by atoms with van der Waals surface area (Å²) in [7, 11) is 0. The molecule has 1 amide bonds. The molecular weight excluding hydrogens is 373 g/mol. The van der Waals surface area contributed by atoms with Crippen molar-refractivity contribution in [3.8, 4) is 5.75 Å². The van der Waals surface area contributed by atoms with Crippen molar-refractivity contribution in [2.45, 2.75) is 39.1 Å². The summed E-state index contributed by atoms with van der Waals surface area (Å²) < 4.78 is 40.2. The number of ketones is 1. The Bertz CT molecular complexity index is 690. The van der Waals surface area contributed by atoms with Crippen molar-refractivity contribution < 1.29 is 27.5 Å². The van der Waals surface area contributed by atoms with Crippen LogP contribution in [0.25, 0.3) is 0 Å². The number of piperazine rings is 1. The lowest BCUT2D eigenvalue weighted by molar-refractivity contribution is -0.274. The van der Waals surface area contributed by atoms with Gasteiger partial charge in [0.05, 0.1) is 0 Å². The third kappa shape index (κ3) is 6.37. The van der Waals surface area contributed by atoms with Gasteiger partial charge < -0.3 is 9.64 Å². The van der Waals surface area contributed by atoms with Gasteiger partial charge in [-0.15, -0.1) is 13.2 Å². The van der Waals surface area contributed by atoms with Crippen LogP contribution >= 0.6 is 0 Å². The van der Waals surface area contributed by atoms with Crippen LogP contribution in [-0.4, -0.2) is 60.1 Å². The van der Waals surface area contributed by atoms with Crippen molar-refractivity contribution in [1.29, 1.82) is 0 Å². The molecule has 1 heterocycles. The van der Waals surface area contributed by atoms with Crippen molar-refractivity contribution in [2.75, 3.05) is 26.2 Å². The number of hydrogen-bond acceptors (Lipinski definition) is 4. The average molecular weight is 398 g/mol. The van der Waals surface area contributed by atoms with Gasteiger partial charge >= 0.3 is 6.36 Å². The second kappa shape index (κ2) is 9.73. The monoisotopic (exact) mass is 398 g/mol. The maximum absolute atomic E-state index is 12.3. The summed E-state index contributed by atoms with van der Waals surface area (Å²) in [5, 5.41) is 0. The fraction of sp³-hybridized carbons (Fsp3) is 0.500. The zero-order valence-electron chi connectivity index (χ0n) is 16.0. The molecule has 154 valence electrons. The zero-order chi connectivity index (χ0) is 20.7. The van der Waals surface area contributed by atoms with E-state index in [0.717, 1.165) is 44.1 Å². The van der Waals surface area contributed by atoms with Gasteiger partial charge in [0.25, 0.3) is 0 Å². The molecule has 0 N–H and O–H groups in total. The van der Waals surface area contributed by atoms with E-state index in [9.17, 15) is 22.8 Å². The Morgan fingerprint density at radius 3 is 2.11 bits per heavy atom. The van der Waals surface area contributed by atoms with Crippen LogP contribution in [0.4, 0.5) is 13.2 Å². The number of allylic oxidation sites excluding steroid dienone is 1. The third-order valence-corrected chi connectivity index (χ3v) is 4.83. The Hall–Kier alpha value is -2.35. The van der Waals surface area contributed by atoms with Gasteiger partial charge in [-0.1, -0.05) is 13.8 Å². The van der Waals surface area contributed by atoms with Crippen molar-refractivity contribution in [1.82, 2.24) is 9.80 Å². The molecule has 8 heteroatoms. The van der Waals surface area contributed by atoms with Gasteiger partial charge in [-0.25, -0.2) is 0 Å². The molecule has 0 spiro atoms. The standard InChI is InChI=1S/C20H25F3N2O3/c1-3-16(4-2)24-11-13-25(14-12-24)19(27)10-9-18(26)15-5-7-17(8-6-15)28-20(21,22)23/h5-10,16H,3-4,11-14H2,1-2H3. The highest BCUT2D eigenvalue weighted by molar-refractivity contribution is 6.07. The molecule has 0 aliphatic carbocycles. The highest BCUT2D eigenvalue weighted by Gasteiger charge is 2.31. The quantitative estimate of drug-likeness (QED) is 0.520. The number of carbonyl (C=O) groups is 2. The first kappa shape index (κ1) is 21.9. The van der Waals surface area contributed by atoms with Gasteiger partial charge in [0.1, 0.15) is 5.75 Å². The highest BCUT2D eigenvalue weighted by atomic mass is 19.4. The molecule has 1 saturated heterocycles. The molecule has 0 saturated carbocycles. The predicted octanol–water partition coefficient (Wildman–Crippen LogP) is 3.66. The Balaban J connectivity index is 1.87. The molecule has 1 fully saturated rings. The lowest BCUT2D eigenvalue weighted by Gasteiger charge is -2.38. The molecule has 1 aromatic rings. The summed E-state index contributed by atoms with van der Waals surface area (Å²) >= 11 is 0. The number of ether oxygens (including phenoxy) is 1. The van der Waals surface area contributed by atoms with E-state index < -0.39 is 17.9 Å². The summed E-state index contributed by atoms with van der Waals surface area (Å²) in [6, 6.07) is 5.11. The predicted molar refractivity (Wildman–Crippen MR) is 99.1 cm³/mol. The summed E-state index contributed by atoms with van der Waals surface area (Å²) in [4.78, 5) is 28.5. The van der Waals surface area contributed by atoms with Crippen LogP contribution < -0.4 is 4.74 Å². The van der Waals surface area contributed by atoms with Crippen LogP contribution in [0.15, 0.2) is 36.4 Å². The third-order valence-electron chi connectivity index (χ3n) is 4.83. The van der Waals surface area contributed by atoms with E-state index in [-0.39, 0.29) is 11.5 Å². The minimum absolute atomic E-state index is 0.178. The average Bonchev–Trinajstić information content (AvgIpc) is 2.66. The van der Waals surface area contributed by atoms with Gasteiger partial charge in [0.15, 0.2) is 5.78 Å². The van der Waals surface area contributed by atoms with Crippen molar-refractivity contribution in [3.05, 3.63) is 42.0 Å². The van der Waals surface area contributed by atoms with Crippen LogP contribution in [0.3, 0.4) is 0 Å². The van der Waals surface area contributed by atoms with Gasteiger partial charge in [-0.2, -0.15) is 0 Å². The van der Waals surface area contributed by atoms with E-state index in [2.05, 4.69) is 23.5 Å². The van der Waals surface area contributed by atoms with Gasteiger partial charge in [-0.3, -0.25) is 14.5 Å². The second-order valence-corrected chi connectivity index (χ2v) is 6.60. The van der Waals surface area contributed by atoms with Crippen molar-refractivity contribution in [3.63, 3.8) is 0 Å². The molecule has 0 bridgehead atoms. The molecule has 0 atom stereocenters. The summed E-state index contributed by atoms with van der Waals surface area (Å²) in [5.41, 5.74) is 0.178. The van der Waals surface area contributed by atoms with Crippen LogP contribution in [0, 0.1) is 0 Å². The molecule has 2 rings (SSSR count). The van der Waals surface area contributed by atoms with Crippen molar-refractivity contribution in [2.24, 2.45) is 0 Å². The minimum atomic E-state index is -4.78. The second-order valence-electron chi connectivity index (χ2n) is 6.60. The lowest BCUT2D eigenvalue weighted by atomic mass is 10.1. The number of nitrogens with zero attached hydrogens (tertiary/aromatic N) is 2. The van der Waals surface area contributed by atoms with E-state index in [1.807, 2.05) is 0 Å². The SMILES string of the molecule is CCC(CC)N1CCN(C(=O)C=CC(=O)c2ccc(OC(F)(F)F)cc2)CC1. The summed E-state index contributed by atoms with van der Waals surface area (Å²) in [6.45, 7) is 7.14. The molecule has 1 aliphatic heterocycles. The molecule has 0 radical (unpaired) electrons. The topological polar surface area (TPSA) is 49.9 Å². The Morgan fingerprint density at radius 1 is 1.04 bits per heavy atom. The normalized spacial score (nSPS) is 16.0. The van der Waals surface area contributed by atoms with E-state index in [1.165, 1.54) is 18.2 Å². The Labute approximate surface area is 162 Å². The van der Waals surface area contributed by atoms with Crippen molar-refractivity contribution >= 4 is 11.7 Å². The number of amides is 1. The lowest BCUT2D eigenvalue weighted by Crippen LogP contribution is -2.51. The molecule has 0 unspecified atom stereocenters. The Morgan fingerprint density at radius 2 is 1.61 bits per heavy atom. The number of alkyl halides is 3. The number of halogens is 3. The maximum Gasteiger partial charge on any atom is 0.573 e. The number of benzene rings is 1. The molecular formula is C20H25F3N2O3. The zero-order valence-corrected chi connectivity index (χ0v) is 16.0. The summed E-state index contributed by atoms with van der Waals surface area (Å²) in [5.74, 6) is -1.10. The van der Waals surface area contributed by atoms with Gasteiger partial charge in [0.2, 0.25) is 5.91 Å². The first-order chi connectivity index (χ1) is 13.2. The fourth-order valence-corrected chi connectivity index (χ4v) is 3.28. The minimum Gasteiger partial charge on any atom is -0.406 e. The molecule has 28 heavy (non-hydrogen) atoms. The van der Waals surface area contributed by atoms with Gasteiger partial charge in [-0.05, 0) is 43.2 Å². The van der Waals surface area contributed by atoms with Crippen LogP contribution in [0.2, 0.25) is 0 Å². The largest absolute Gasteiger partial charge is 0.573 e. The Kier molecular flexibility index (Phi) is 7.62. The number of rotatable bonds is 7. The summed E-state index contributed by atoms with van der Waals surface area (Å²) in [6.07, 6.45) is -0.266. The van der Waals surface area contributed by atoms with Crippen LogP contribution in [-0.2, 0) is 4.79 Å². The van der Waals surface area contributed by atoms with E-state index in [4.69, 9.17) is 0 Å². The molecule has 0 aromatic heterocycles. The van der Waals surface area contributed by atoms with E-state index in [1.54, 1.807) is 4.90 Å². The number of carbonyl (C=O) groups excluding carboxylic acids is 2. The highest BCUT2D eigenvalue weighted by Crippen LogP contribution is 2.23. The van der Waals surface area contributed by atoms with Crippen LogP contribution in [0.5, 0.6) is 5.75 Å². The number of hydrogen-bond donors (Lipinski definition) is 0. The maximum atomic E-state index is 12.3. The van der Waals surface area contributed by atoms with Gasteiger partial charge in [0, 0.05) is 43.9 Å². The van der Waals surface area contributed by atoms with E-state index >= 15 is 0 Å². The fourth-order valence-electron chi connectivity index (χ4n) is 3.28. The van der Waals surface area contributed by atoms with E-state index in [0.29, 0.717) is 19.1 Å². The smallest absolute Gasteiger partial charge is 0.406 e. The molecule has 1 aromatic carbocycles. The first-order valence-electron chi connectivity index (χ1n) is 9.34.